The van der Waals surface area contributed by atoms with E-state index in [4.69, 9.17) is 14.7 Å². The molecule has 2 aromatic heterocycles. The lowest BCUT2D eigenvalue weighted by Crippen LogP contribution is -2.33. The maximum absolute atomic E-state index is 6.49. The zero-order valence-electron chi connectivity index (χ0n) is 20.3. The van der Waals surface area contributed by atoms with Crippen LogP contribution in [0.25, 0.3) is 22.8 Å². The van der Waals surface area contributed by atoms with Gasteiger partial charge in [-0.1, -0.05) is 0 Å². The molecule has 0 saturated carbocycles. The minimum atomic E-state index is 0.00633. The van der Waals surface area contributed by atoms with Crippen LogP contribution in [0.4, 0.5) is 0 Å². The molecule has 0 fully saturated rings. The Balaban J connectivity index is 1.43. The van der Waals surface area contributed by atoms with Gasteiger partial charge >= 0.3 is 0 Å². The zero-order valence-corrected chi connectivity index (χ0v) is 20.3. The van der Waals surface area contributed by atoms with E-state index < -0.39 is 0 Å². The van der Waals surface area contributed by atoms with Crippen molar-refractivity contribution in [3.05, 3.63) is 70.3 Å². The van der Waals surface area contributed by atoms with E-state index in [2.05, 4.69) is 87.3 Å². The lowest BCUT2D eigenvalue weighted by molar-refractivity contribution is 0.347. The van der Waals surface area contributed by atoms with Crippen LogP contribution in [0.1, 0.15) is 47.5 Å². The highest BCUT2D eigenvalue weighted by Gasteiger charge is 2.33. The van der Waals surface area contributed by atoms with Crippen LogP contribution in [0, 0.1) is 27.7 Å². The topological polar surface area (TPSA) is 44.9 Å². The Labute approximate surface area is 195 Å². The van der Waals surface area contributed by atoms with Crippen LogP contribution in [0.5, 0.6) is 11.5 Å². The number of aromatic nitrogens is 4. The minimum Gasteiger partial charge on any atom is -0.457 e. The Morgan fingerprint density at radius 1 is 0.788 bits per heavy atom. The predicted octanol–water partition coefficient (Wildman–Crippen LogP) is 6.29. The van der Waals surface area contributed by atoms with Gasteiger partial charge in [-0.2, -0.15) is 0 Å². The third-order valence-electron chi connectivity index (χ3n) is 7.20. The van der Waals surface area contributed by atoms with Gasteiger partial charge in [-0.25, -0.2) is 9.97 Å². The maximum Gasteiger partial charge on any atom is 0.141 e. The van der Waals surface area contributed by atoms with Crippen molar-refractivity contribution >= 4 is 0 Å². The van der Waals surface area contributed by atoms with Crippen LogP contribution in [0.15, 0.2) is 36.7 Å². The van der Waals surface area contributed by atoms with Crippen molar-refractivity contribution in [2.45, 2.75) is 66.5 Å². The molecule has 0 atom stereocenters. The summed E-state index contributed by atoms with van der Waals surface area (Å²) < 4.78 is 11.1. The second-order valence-electron chi connectivity index (χ2n) is 10.3. The average Bonchev–Trinajstić information content (AvgIpc) is 3.32. The first-order chi connectivity index (χ1) is 15.7. The molecule has 0 spiro atoms. The lowest BCUT2D eigenvalue weighted by atomic mass is 9.85. The molecule has 0 N–H and O–H groups in total. The van der Waals surface area contributed by atoms with E-state index in [0.717, 1.165) is 53.9 Å². The molecule has 2 aliphatic heterocycles. The number of fused-ring (bicyclic) bond motifs is 6. The fraction of sp³-hybridized carbons (Fsp3) is 0.357. The molecule has 6 rings (SSSR count). The average molecular weight is 439 g/mol. The monoisotopic (exact) mass is 438 g/mol. The van der Waals surface area contributed by atoms with Gasteiger partial charge in [0.15, 0.2) is 0 Å². The Morgan fingerprint density at radius 3 is 2.12 bits per heavy atom. The van der Waals surface area contributed by atoms with E-state index in [1.807, 2.05) is 0 Å². The van der Waals surface area contributed by atoms with E-state index in [-0.39, 0.29) is 5.54 Å². The van der Waals surface area contributed by atoms with Crippen LogP contribution in [-0.2, 0) is 24.9 Å². The summed E-state index contributed by atoms with van der Waals surface area (Å²) in [6, 6.07) is 8.64. The second-order valence-corrected chi connectivity index (χ2v) is 10.3. The molecule has 4 aromatic rings. The number of ether oxygens (including phenoxy) is 1. The van der Waals surface area contributed by atoms with Gasteiger partial charge in [0.05, 0.1) is 11.4 Å². The van der Waals surface area contributed by atoms with E-state index in [0.29, 0.717) is 0 Å². The maximum atomic E-state index is 6.49. The van der Waals surface area contributed by atoms with E-state index in [1.165, 1.54) is 33.4 Å². The molecule has 0 radical (unpaired) electrons. The van der Waals surface area contributed by atoms with Gasteiger partial charge in [-0.05, 0) is 101 Å². The predicted molar refractivity (Wildman–Crippen MR) is 131 cm³/mol. The Bertz CT molecular complexity index is 1440. The minimum absolute atomic E-state index is 0.00633. The van der Waals surface area contributed by atoms with Gasteiger partial charge in [0.25, 0.3) is 0 Å². The second kappa shape index (κ2) is 6.83. The van der Waals surface area contributed by atoms with E-state index >= 15 is 0 Å². The Kier molecular flexibility index (Phi) is 4.20. The molecule has 0 bridgehead atoms. The van der Waals surface area contributed by atoms with Crippen molar-refractivity contribution in [3.8, 4) is 34.3 Å². The van der Waals surface area contributed by atoms with Crippen molar-refractivity contribution in [2.24, 2.45) is 0 Å². The molecular weight excluding hydrogens is 408 g/mol. The fourth-order valence-electron chi connectivity index (χ4n) is 5.62. The molecule has 0 aliphatic carbocycles. The van der Waals surface area contributed by atoms with Gasteiger partial charge in [0.1, 0.15) is 23.1 Å². The summed E-state index contributed by atoms with van der Waals surface area (Å²) in [5.74, 6) is 3.79. The summed E-state index contributed by atoms with van der Waals surface area (Å²) in [4.78, 5) is 9.66. The molecule has 2 aliphatic rings. The number of hydrogen-bond donors (Lipinski definition) is 0. The number of imidazole rings is 2. The highest BCUT2D eigenvalue weighted by Crippen LogP contribution is 2.42. The summed E-state index contributed by atoms with van der Waals surface area (Å²) >= 11 is 0. The van der Waals surface area contributed by atoms with Gasteiger partial charge in [0, 0.05) is 35.6 Å². The number of rotatable bonds is 2. The number of hydrogen-bond acceptors (Lipinski definition) is 3. The van der Waals surface area contributed by atoms with E-state index in [1.54, 1.807) is 0 Å². The van der Waals surface area contributed by atoms with Crippen molar-refractivity contribution in [1.82, 2.24) is 19.1 Å². The van der Waals surface area contributed by atoms with Crippen LogP contribution < -0.4 is 4.74 Å². The summed E-state index contributed by atoms with van der Waals surface area (Å²) in [5, 5.41) is 0. The SMILES string of the molecule is Cc1cn2c(n1)-c1cc(Oc3cc(C)c4c(c3)-c3nc(C)cn3C(C)(C)C4)cc(C)c1CC2. The smallest absolute Gasteiger partial charge is 0.141 e. The Morgan fingerprint density at radius 2 is 1.39 bits per heavy atom. The van der Waals surface area contributed by atoms with Crippen LogP contribution in [0.2, 0.25) is 0 Å². The number of benzene rings is 2. The molecule has 0 unspecified atom stereocenters. The zero-order chi connectivity index (χ0) is 23.1. The fourth-order valence-corrected chi connectivity index (χ4v) is 5.62. The van der Waals surface area contributed by atoms with Crippen molar-refractivity contribution in [1.29, 1.82) is 0 Å². The normalized spacial score (nSPS) is 15.5. The first-order valence-electron chi connectivity index (χ1n) is 11.8. The first-order valence-corrected chi connectivity index (χ1v) is 11.8. The van der Waals surface area contributed by atoms with Crippen LogP contribution in [0.3, 0.4) is 0 Å². The van der Waals surface area contributed by atoms with Gasteiger partial charge in [0.2, 0.25) is 0 Å². The molecule has 0 amide bonds. The van der Waals surface area contributed by atoms with E-state index in [9.17, 15) is 0 Å². The standard InChI is InChI=1S/C28H30N4O/c1-16-9-20(11-23-22(16)7-8-31-14-18(3)29-26(23)31)33-21-10-17(2)25-13-28(5,6)32-15-19(4)30-27(32)24(25)12-21/h9-12,14-15H,7-8,13H2,1-6H3. The van der Waals surface area contributed by atoms with Crippen molar-refractivity contribution in [2.75, 3.05) is 0 Å². The van der Waals surface area contributed by atoms with Crippen molar-refractivity contribution in [3.63, 3.8) is 0 Å². The van der Waals surface area contributed by atoms with Crippen LogP contribution in [-0.4, -0.2) is 19.1 Å². The molecule has 2 aromatic carbocycles. The molecular formula is C28H30N4O. The molecule has 168 valence electrons. The molecule has 4 heterocycles. The molecule has 33 heavy (non-hydrogen) atoms. The number of nitrogens with zero attached hydrogens (tertiary/aromatic N) is 4. The summed E-state index contributed by atoms with van der Waals surface area (Å²) in [6.07, 6.45) is 6.31. The number of aryl methyl sites for hydroxylation is 5. The quantitative estimate of drug-likeness (QED) is 0.370. The van der Waals surface area contributed by atoms with Crippen molar-refractivity contribution < 1.29 is 4.74 Å². The van der Waals surface area contributed by atoms with Gasteiger partial charge in [-0.3, -0.25) is 0 Å². The first kappa shape index (κ1) is 20.3. The molecule has 0 saturated heterocycles. The third kappa shape index (κ3) is 3.13. The summed E-state index contributed by atoms with van der Waals surface area (Å²) in [5.41, 5.74) is 9.73. The highest BCUT2D eigenvalue weighted by molar-refractivity contribution is 5.70. The summed E-state index contributed by atoms with van der Waals surface area (Å²) in [7, 11) is 0. The Hall–Kier alpha value is -3.34. The highest BCUT2D eigenvalue weighted by atomic mass is 16.5. The van der Waals surface area contributed by atoms with Gasteiger partial charge in [-0.15, -0.1) is 0 Å². The largest absolute Gasteiger partial charge is 0.457 e. The molecule has 5 nitrogen and oxygen atoms in total. The van der Waals surface area contributed by atoms with Gasteiger partial charge < -0.3 is 13.9 Å². The lowest BCUT2D eigenvalue weighted by Gasteiger charge is -2.35. The molecule has 5 heteroatoms. The van der Waals surface area contributed by atoms with Crippen LogP contribution >= 0.6 is 0 Å². The third-order valence-corrected chi connectivity index (χ3v) is 7.20. The summed E-state index contributed by atoms with van der Waals surface area (Å²) in [6.45, 7) is 14.0.